The van der Waals surface area contributed by atoms with Gasteiger partial charge >= 0.3 is 5.51 Å². The number of nitrogens with zero attached hydrogens (tertiary/aromatic N) is 5. The number of carbonyl (C=O) groups excluding carboxylic acids is 5. The smallest absolute Gasteiger partial charge is 0.384 e. The highest BCUT2D eigenvalue weighted by atomic mass is 32.2. The van der Waals surface area contributed by atoms with E-state index in [1.165, 1.54) is 35.5 Å². The second kappa shape index (κ2) is 28.6. The molecule has 3 saturated heterocycles. The lowest BCUT2D eigenvalue weighted by Gasteiger charge is -2.39. The Bertz CT molecular complexity index is 3540. The van der Waals surface area contributed by atoms with Crippen molar-refractivity contribution >= 4 is 78.2 Å². The van der Waals surface area contributed by atoms with E-state index >= 15 is 0 Å². The molecule has 2 atom stereocenters. The average molecular weight is 1300 g/mol. The zero-order valence-electron chi connectivity index (χ0n) is 49.7. The Morgan fingerprint density at radius 2 is 1.52 bits per heavy atom. The van der Waals surface area contributed by atoms with Gasteiger partial charge in [-0.3, -0.25) is 44.5 Å². The Morgan fingerprint density at radius 3 is 2.20 bits per heavy atom. The fraction of sp³-hybridized carbons (Fsp3) is 0.468. The van der Waals surface area contributed by atoms with Crippen LogP contribution >= 0.6 is 11.8 Å². The van der Waals surface area contributed by atoms with Crippen LogP contribution in [0.4, 0.5) is 39.0 Å². The van der Waals surface area contributed by atoms with Gasteiger partial charge in [0.15, 0.2) is 0 Å². The molecular formula is C62H75F5N10O9S3. The number of hydrogen-bond donors (Lipinski definition) is 5. The van der Waals surface area contributed by atoms with Crippen molar-refractivity contribution in [2.75, 3.05) is 99.8 Å². The molecule has 5 aliphatic rings. The number of fused-ring (bicyclic) bond motifs is 1. The largest absolute Gasteiger partial charge is 0.501 e. The maximum absolute atomic E-state index is 14.5. The number of rotatable bonds is 26. The van der Waals surface area contributed by atoms with Crippen LogP contribution in [0.15, 0.2) is 129 Å². The van der Waals surface area contributed by atoms with Gasteiger partial charge in [-0.05, 0) is 123 Å². The van der Waals surface area contributed by atoms with Crippen LogP contribution in [0.3, 0.4) is 0 Å². The molecule has 0 radical (unpaired) electrons. The summed E-state index contributed by atoms with van der Waals surface area (Å²) in [4.78, 5) is 70.7. The van der Waals surface area contributed by atoms with Crippen LogP contribution in [-0.2, 0) is 29.4 Å². The summed E-state index contributed by atoms with van der Waals surface area (Å²) in [5.74, 6) is -3.15. The first-order valence-corrected chi connectivity index (χ1v) is 33.7. The number of piperazine rings is 2. The van der Waals surface area contributed by atoms with Crippen molar-refractivity contribution in [3.8, 4) is 0 Å². The highest BCUT2D eigenvalue weighted by molar-refractivity contribution is 7.99. The number of nitrogens with one attached hydrogen (secondary N) is 5. The van der Waals surface area contributed by atoms with Crippen LogP contribution in [0.5, 0.6) is 0 Å². The fourth-order valence-electron chi connectivity index (χ4n) is 11.8. The molecule has 0 bridgehead atoms. The maximum Gasteiger partial charge on any atom is 0.501 e. The molecule has 1 unspecified atom stereocenters. The summed E-state index contributed by atoms with van der Waals surface area (Å²) in [6.45, 7) is 15.9. The Morgan fingerprint density at radius 1 is 0.809 bits per heavy atom. The number of thioether (sulfide) groups is 1. The molecule has 5 amide bonds. The van der Waals surface area contributed by atoms with Crippen LogP contribution in [0.2, 0.25) is 0 Å². The van der Waals surface area contributed by atoms with Gasteiger partial charge in [-0.15, -0.1) is 11.8 Å². The van der Waals surface area contributed by atoms with E-state index in [-0.39, 0.29) is 53.5 Å². The summed E-state index contributed by atoms with van der Waals surface area (Å²) in [5.41, 5.74) is 1.78. The molecule has 5 N–H and O–H groups in total. The van der Waals surface area contributed by atoms with Crippen molar-refractivity contribution in [3.63, 3.8) is 0 Å². The summed E-state index contributed by atoms with van der Waals surface area (Å²) in [5, 5.41) is 10.5. The van der Waals surface area contributed by atoms with Crippen molar-refractivity contribution in [2.45, 2.75) is 110 Å². The van der Waals surface area contributed by atoms with E-state index in [1.807, 2.05) is 35.1 Å². The highest BCUT2D eigenvalue weighted by Crippen LogP contribution is 2.43. The van der Waals surface area contributed by atoms with Crippen molar-refractivity contribution < 1.29 is 62.8 Å². The lowest BCUT2D eigenvalue weighted by molar-refractivity contribution is -0.136. The van der Waals surface area contributed by atoms with Gasteiger partial charge in [-0.1, -0.05) is 55.8 Å². The third-order valence-electron chi connectivity index (χ3n) is 16.8. The molecule has 9 rings (SSSR count). The molecule has 1 aliphatic carbocycles. The first kappa shape index (κ1) is 66.7. The number of amides is 5. The van der Waals surface area contributed by atoms with Gasteiger partial charge in [-0.25, -0.2) is 35.3 Å². The predicted molar refractivity (Wildman–Crippen MR) is 330 cm³/mol. The third-order valence-corrected chi connectivity index (χ3v) is 20.9. The first-order valence-electron chi connectivity index (χ1n) is 29.8. The van der Waals surface area contributed by atoms with Crippen LogP contribution in [-0.4, -0.2) is 174 Å². The molecule has 0 spiro atoms. The minimum absolute atomic E-state index is 0.0115. The van der Waals surface area contributed by atoms with Crippen molar-refractivity contribution in [1.82, 2.24) is 35.2 Å². The monoisotopic (exact) mass is 1290 g/mol. The Balaban J connectivity index is 0.782. The van der Waals surface area contributed by atoms with E-state index in [0.717, 1.165) is 58.0 Å². The summed E-state index contributed by atoms with van der Waals surface area (Å²) < 4.78 is 126. The number of benzene rings is 4. The molecule has 0 saturated carbocycles. The molecule has 3 fully saturated rings. The van der Waals surface area contributed by atoms with Gasteiger partial charge in [0, 0.05) is 125 Å². The Labute approximate surface area is 520 Å². The maximum atomic E-state index is 14.5. The number of hydrazine groups is 1. The predicted octanol–water partition coefficient (Wildman–Crippen LogP) is 8.32. The summed E-state index contributed by atoms with van der Waals surface area (Å²) in [7, 11) is -11.1. The molecule has 4 heterocycles. The number of carbonyl (C=O) groups is 5. The second-order valence-electron chi connectivity index (χ2n) is 23.8. The summed E-state index contributed by atoms with van der Waals surface area (Å²) in [6, 6.07) is 20.9. The number of halogens is 5. The lowest BCUT2D eigenvalue weighted by atomic mass is 9.72. The van der Waals surface area contributed by atoms with Gasteiger partial charge in [0.1, 0.15) is 10.9 Å². The number of imide groups is 2. The van der Waals surface area contributed by atoms with Crippen LogP contribution in [0.25, 0.3) is 0 Å². The van der Waals surface area contributed by atoms with E-state index in [1.54, 1.807) is 24.3 Å². The molecule has 27 heteroatoms. The zero-order valence-corrected chi connectivity index (χ0v) is 52.1. The lowest BCUT2D eigenvalue weighted by Crippen LogP contribution is -2.54. The summed E-state index contributed by atoms with van der Waals surface area (Å²) >= 11 is 1.40. The second-order valence-corrected chi connectivity index (χ2v) is 28.4. The standard InChI is InChI=1S/C62H75F5N10O9S3/c1-41(13-21-54(63)64)49-38-61(2,3)25-23-43(49)39-74-29-33-75(34-30-74)45-16-14-42(15-17-45)57(79)72-89(85,86)47-18-19-50(53(37-47)88(83,84)62(65,66)67)70-44(40-87-46-9-5-4-6-10-46)24-28-73-31-35-76(36-32-73)69-27-8-26-68-51-12-7-11-48-56(51)60(82)77(59(48)81)52-20-22-55(78)71-58(52)80/h4-7,9-12,14-19,37,44,52,54,68-70H,1,8,13,20-36,38-40H2,2-3H3,(H,72,79)(H,71,78,80)/t44-,52?/m1/s1. The van der Waals surface area contributed by atoms with Crippen molar-refractivity contribution in [2.24, 2.45) is 5.41 Å². The van der Waals surface area contributed by atoms with Gasteiger partial charge in [-0.2, -0.15) is 13.2 Å². The Hall–Kier alpha value is -6.75. The van der Waals surface area contributed by atoms with E-state index in [0.29, 0.717) is 103 Å². The van der Waals surface area contributed by atoms with Gasteiger partial charge in [0.2, 0.25) is 18.2 Å². The van der Waals surface area contributed by atoms with Crippen LogP contribution in [0.1, 0.15) is 103 Å². The first-order chi connectivity index (χ1) is 42.3. The molecule has 0 aromatic heterocycles. The molecule has 4 aliphatic heterocycles. The van der Waals surface area contributed by atoms with Gasteiger partial charge in [0.05, 0.1) is 21.7 Å². The average Bonchev–Trinajstić information content (AvgIpc) is 1.80. The number of sulfonamides is 1. The molecular weight excluding hydrogens is 1220 g/mol. The van der Waals surface area contributed by atoms with Gasteiger partial charge in [0.25, 0.3) is 37.6 Å². The van der Waals surface area contributed by atoms with E-state index < -0.39 is 88.9 Å². The van der Waals surface area contributed by atoms with Crippen molar-refractivity contribution in [1.29, 1.82) is 0 Å². The molecule has 480 valence electrons. The molecule has 19 nitrogen and oxygen atoms in total. The van der Waals surface area contributed by atoms with Crippen molar-refractivity contribution in [3.05, 3.63) is 131 Å². The zero-order chi connectivity index (χ0) is 63.8. The third kappa shape index (κ3) is 16.6. The molecule has 4 aromatic carbocycles. The minimum atomic E-state index is -6.17. The quantitative estimate of drug-likeness (QED) is 0.0172. The van der Waals surface area contributed by atoms with Crippen LogP contribution < -0.4 is 31.0 Å². The van der Waals surface area contributed by atoms with E-state index in [4.69, 9.17) is 0 Å². The normalized spacial score (nSPS) is 19.3. The van der Waals surface area contributed by atoms with Gasteiger partial charge < -0.3 is 20.4 Å². The number of piperidine rings is 1. The number of allylic oxidation sites excluding steroid dienone is 2. The number of sulfone groups is 1. The molecule has 89 heavy (non-hydrogen) atoms. The fourth-order valence-corrected chi connectivity index (χ4v) is 14.8. The number of alkyl halides is 5. The SMILES string of the molecule is C=C(CCC(F)F)C1=C(CN2CCN(c3ccc(C(=O)NS(=O)(=O)c4ccc(N[C@H](CCN5CCN(NCCCNc6cccc7c6C(=O)N(C6CCC(=O)NC6=O)C7=O)CC5)CSc5ccccc5)c(S(=O)(=O)C(F)(F)F)c4)cc3)CC2)CCC(C)(C)C1. The number of anilines is 3. The van der Waals surface area contributed by atoms with Crippen LogP contribution in [0, 0.1) is 5.41 Å². The number of hydrogen-bond acceptors (Lipinski definition) is 17. The highest BCUT2D eigenvalue weighted by Gasteiger charge is 2.49. The summed E-state index contributed by atoms with van der Waals surface area (Å²) in [6.07, 6.45) is 1.31. The Kier molecular flexibility index (Phi) is 21.4. The minimum Gasteiger partial charge on any atom is -0.384 e. The van der Waals surface area contributed by atoms with E-state index in [9.17, 15) is 62.8 Å². The van der Waals surface area contributed by atoms with E-state index in [2.05, 4.69) is 61.5 Å². The topological polar surface area (TPSA) is 230 Å². The molecule has 4 aromatic rings.